The molecule has 5 heteroatoms. The minimum absolute atomic E-state index is 0. The number of hydrogen-bond acceptors (Lipinski definition) is 3. The molecule has 0 aliphatic carbocycles. The Bertz CT molecular complexity index is 617. The summed E-state index contributed by atoms with van der Waals surface area (Å²) in [5.41, 5.74) is 8.15. The van der Waals surface area contributed by atoms with E-state index >= 15 is 0 Å². The fourth-order valence-electron chi connectivity index (χ4n) is 1.87. The van der Waals surface area contributed by atoms with Gasteiger partial charge in [-0.15, -0.1) is 12.4 Å². The van der Waals surface area contributed by atoms with Crippen LogP contribution in [0.4, 0.5) is 4.39 Å². The van der Waals surface area contributed by atoms with E-state index in [2.05, 4.69) is 4.74 Å². The number of methoxy groups -OCH3 is 1. The van der Waals surface area contributed by atoms with Crippen LogP contribution in [0.15, 0.2) is 42.5 Å². The van der Waals surface area contributed by atoms with Crippen molar-refractivity contribution in [3.05, 3.63) is 59.4 Å². The van der Waals surface area contributed by atoms with E-state index in [0.29, 0.717) is 12.1 Å². The van der Waals surface area contributed by atoms with Crippen molar-refractivity contribution in [2.24, 2.45) is 5.73 Å². The van der Waals surface area contributed by atoms with Crippen LogP contribution >= 0.6 is 12.4 Å². The molecule has 0 fully saturated rings. The molecule has 2 N–H and O–H groups in total. The summed E-state index contributed by atoms with van der Waals surface area (Å²) in [4.78, 5) is 11.5. The molecule has 0 unspecified atom stereocenters. The maximum Gasteiger partial charge on any atom is 0.337 e. The molecule has 0 radical (unpaired) electrons. The van der Waals surface area contributed by atoms with Crippen LogP contribution in [0.25, 0.3) is 11.1 Å². The molecule has 0 heterocycles. The summed E-state index contributed by atoms with van der Waals surface area (Å²) >= 11 is 0. The Morgan fingerprint density at radius 3 is 2.60 bits per heavy atom. The van der Waals surface area contributed by atoms with Gasteiger partial charge in [0.1, 0.15) is 5.82 Å². The summed E-state index contributed by atoms with van der Waals surface area (Å²) in [5.74, 6) is -1.04. The molecule has 0 saturated heterocycles. The van der Waals surface area contributed by atoms with E-state index in [-0.39, 0.29) is 18.0 Å². The van der Waals surface area contributed by atoms with E-state index in [4.69, 9.17) is 5.73 Å². The fraction of sp³-hybridized carbons (Fsp3) is 0.133. The lowest BCUT2D eigenvalue weighted by Gasteiger charge is -2.07. The quantitative estimate of drug-likeness (QED) is 0.885. The molecule has 3 nitrogen and oxygen atoms in total. The standard InChI is InChI=1S/C15H14FNO2.ClH/c1-19-15(18)13-6-12(7-14(16)8-13)11-4-2-3-10(5-11)9-17;/h2-8H,9,17H2,1H3;1H. The highest BCUT2D eigenvalue weighted by Crippen LogP contribution is 2.23. The molecule has 2 aromatic rings. The largest absolute Gasteiger partial charge is 0.465 e. The molecule has 20 heavy (non-hydrogen) atoms. The van der Waals surface area contributed by atoms with Crippen LogP contribution in [0.3, 0.4) is 0 Å². The van der Waals surface area contributed by atoms with Crippen LogP contribution in [0.2, 0.25) is 0 Å². The van der Waals surface area contributed by atoms with Gasteiger partial charge in [0.05, 0.1) is 12.7 Å². The third kappa shape index (κ3) is 3.56. The number of nitrogens with two attached hydrogens (primary N) is 1. The molecule has 0 bridgehead atoms. The Labute approximate surface area is 123 Å². The number of halogens is 2. The first-order valence-corrected chi connectivity index (χ1v) is 5.82. The van der Waals surface area contributed by atoms with Gasteiger partial charge in [0.15, 0.2) is 0 Å². The second kappa shape index (κ2) is 7.03. The van der Waals surface area contributed by atoms with Crippen molar-refractivity contribution in [3.8, 4) is 11.1 Å². The normalized spacial score (nSPS) is 9.75. The Hall–Kier alpha value is -1.91. The lowest BCUT2D eigenvalue weighted by molar-refractivity contribution is 0.0600. The first-order valence-electron chi connectivity index (χ1n) is 5.82. The average Bonchev–Trinajstić information content (AvgIpc) is 2.45. The van der Waals surface area contributed by atoms with Crippen molar-refractivity contribution in [3.63, 3.8) is 0 Å². The minimum atomic E-state index is -0.560. The molecule has 0 atom stereocenters. The van der Waals surface area contributed by atoms with Gasteiger partial charge < -0.3 is 10.5 Å². The predicted octanol–water partition coefficient (Wildman–Crippen LogP) is 3.16. The van der Waals surface area contributed by atoms with Crippen LogP contribution in [0.1, 0.15) is 15.9 Å². The molecular formula is C15H15ClFNO2. The van der Waals surface area contributed by atoms with E-state index in [1.54, 1.807) is 6.07 Å². The second-order valence-electron chi connectivity index (χ2n) is 4.12. The Balaban J connectivity index is 0.00000200. The van der Waals surface area contributed by atoms with E-state index < -0.39 is 11.8 Å². The van der Waals surface area contributed by atoms with Gasteiger partial charge in [0.2, 0.25) is 0 Å². The van der Waals surface area contributed by atoms with Crippen molar-refractivity contribution < 1.29 is 13.9 Å². The summed E-state index contributed by atoms with van der Waals surface area (Å²) in [6.45, 7) is 0.410. The summed E-state index contributed by atoms with van der Waals surface area (Å²) in [5, 5.41) is 0. The molecule has 0 aliphatic rings. The van der Waals surface area contributed by atoms with Gasteiger partial charge in [-0.05, 0) is 41.0 Å². The third-order valence-corrected chi connectivity index (χ3v) is 2.81. The summed E-state index contributed by atoms with van der Waals surface area (Å²) in [6, 6.07) is 11.6. The molecule has 0 spiro atoms. The summed E-state index contributed by atoms with van der Waals surface area (Å²) in [7, 11) is 1.27. The highest BCUT2D eigenvalue weighted by atomic mass is 35.5. The van der Waals surface area contributed by atoms with E-state index in [1.807, 2.05) is 24.3 Å². The highest BCUT2D eigenvalue weighted by Gasteiger charge is 2.10. The van der Waals surface area contributed by atoms with Crippen molar-refractivity contribution in [1.82, 2.24) is 0 Å². The predicted molar refractivity (Wildman–Crippen MR) is 78.3 cm³/mol. The maximum absolute atomic E-state index is 13.6. The number of rotatable bonds is 3. The van der Waals surface area contributed by atoms with Gasteiger partial charge in [0.25, 0.3) is 0 Å². The Morgan fingerprint density at radius 1 is 1.20 bits per heavy atom. The van der Waals surface area contributed by atoms with Gasteiger partial charge in [-0.25, -0.2) is 9.18 Å². The zero-order valence-corrected chi connectivity index (χ0v) is 11.7. The third-order valence-electron chi connectivity index (χ3n) is 2.81. The summed E-state index contributed by atoms with van der Waals surface area (Å²) < 4.78 is 18.2. The van der Waals surface area contributed by atoms with E-state index in [9.17, 15) is 9.18 Å². The molecular weight excluding hydrogens is 281 g/mol. The van der Waals surface area contributed by atoms with Crippen molar-refractivity contribution in [2.45, 2.75) is 6.54 Å². The smallest absolute Gasteiger partial charge is 0.337 e. The zero-order chi connectivity index (χ0) is 13.8. The van der Waals surface area contributed by atoms with Crippen molar-refractivity contribution in [1.29, 1.82) is 0 Å². The number of ether oxygens (including phenoxy) is 1. The second-order valence-corrected chi connectivity index (χ2v) is 4.12. The fourth-order valence-corrected chi connectivity index (χ4v) is 1.87. The SMILES string of the molecule is COC(=O)c1cc(F)cc(-c2cccc(CN)c2)c1.Cl. The maximum atomic E-state index is 13.6. The topological polar surface area (TPSA) is 52.3 Å². The average molecular weight is 296 g/mol. The molecule has 2 rings (SSSR count). The number of benzene rings is 2. The molecule has 0 saturated carbocycles. The molecule has 106 valence electrons. The van der Waals surface area contributed by atoms with Gasteiger partial charge >= 0.3 is 5.97 Å². The number of carbonyl (C=O) groups excluding carboxylic acids is 1. The van der Waals surface area contributed by atoms with Gasteiger partial charge in [-0.1, -0.05) is 18.2 Å². The first kappa shape index (κ1) is 16.1. The monoisotopic (exact) mass is 295 g/mol. The molecule has 0 aliphatic heterocycles. The molecule has 0 aromatic heterocycles. The number of esters is 1. The van der Waals surface area contributed by atoms with E-state index in [0.717, 1.165) is 17.2 Å². The summed E-state index contributed by atoms with van der Waals surface area (Å²) in [6.07, 6.45) is 0. The zero-order valence-electron chi connectivity index (χ0n) is 10.9. The van der Waals surface area contributed by atoms with Crippen LogP contribution < -0.4 is 5.73 Å². The molecule has 0 amide bonds. The van der Waals surface area contributed by atoms with Crippen LogP contribution in [0, 0.1) is 5.82 Å². The lowest BCUT2D eigenvalue weighted by atomic mass is 10.0. The van der Waals surface area contributed by atoms with Crippen molar-refractivity contribution >= 4 is 18.4 Å². The number of hydrogen-bond donors (Lipinski definition) is 1. The van der Waals surface area contributed by atoms with Gasteiger partial charge in [-0.2, -0.15) is 0 Å². The van der Waals surface area contributed by atoms with Crippen LogP contribution in [0.5, 0.6) is 0 Å². The Kier molecular flexibility index (Phi) is 5.67. The van der Waals surface area contributed by atoms with Crippen LogP contribution in [-0.4, -0.2) is 13.1 Å². The van der Waals surface area contributed by atoms with Crippen LogP contribution in [-0.2, 0) is 11.3 Å². The van der Waals surface area contributed by atoms with Gasteiger partial charge in [-0.3, -0.25) is 0 Å². The lowest BCUT2D eigenvalue weighted by Crippen LogP contribution is -2.02. The van der Waals surface area contributed by atoms with E-state index in [1.165, 1.54) is 13.2 Å². The molecule has 2 aromatic carbocycles. The minimum Gasteiger partial charge on any atom is -0.465 e. The number of carbonyl (C=O) groups is 1. The first-order chi connectivity index (χ1) is 9.13. The van der Waals surface area contributed by atoms with Gasteiger partial charge in [0, 0.05) is 6.54 Å². The van der Waals surface area contributed by atoms with Crippen molar-refractivity contribution in [2.75, 3.05) is 7.11 Å². The highest BCUT2D eigenvalue weighted by molar-refractivity contribution is 5.91. The Morgan fingerprint density at radius 2 is 1.95 bits per heavy atom.